The van der Waals surface area contributed by atoms with Gasteiger partial charge in [0.2, 0.25) is 0 Å². The number of nitrogens with one attached hydrogen (secondary N) is 1. The third-order valence-electron chi connectivity index (χ3n) is 1.11. The van der Waals surface area contributed by atoms with Crippen molar-refractivity contribution in [1.82, 2.24) is 5.32 Å². The average molecular weight is 165 g/mol. The molecule has 0 aliphatic rings. The molecule has 0 heterocycles. The Morgan fingerprint density at radius 3 is 2.25 bits per heavy atom. The van der Waals surface area contributed by atoms with E-state index in [9.17, 15) is 4.79 Å². The highest BCUT2D eigenvalue weighted by Crippen LogP contribution is 2.00. The molecule has 0 atom stereocenters. The molecule has 0 aromatic carbocycles. The van der Waals surface area contributed by atoms with Crippen molar-refractivity contribution in [3.05, 3.63) is 11.3 Å². The van der Waals surface area contributed by atoms with E-state index in [-0.39, 0.29) is 11.3 Å². The van der Waals surface area contributed by atoms with Gasteiger partial charge in [-0.25, -0.2) is 4.79 Å². The van der Waals surface area contributed by atoms with Crippen LogP contribution in [0.25, 0.3) is 0 Å². The van der Waals surface area contributed by atoms with Crippen molar-refractivity contribution in [2.75, 3.05) is 14.2 Å². The zero-order valence-corrected chi connectivity index (χ0v) is 6.71. The van der Waals surface area contributed by atoms with Crippen molar-refractivity contribution < 1.29 is 9.53 Å². The van der Waals surface area contributed by atoms with Gasteiger partial charge in [0.1, 0.15) is 17.8 Å². The maximum Gasteiger partial charge on any atom is 0.351 e. The summed E-state index contributed by atoms with van der Waals surface area (Å²) in [4.78, 5) is 10.8. The molecule has 0 saturated heterocycles. The Hall–Kier alpha value is -2.01. The molecule has 0 aromatic rings. The zero-order chi connectivity index (χ0) is 9.56. The van der Waals surface area contributed by atoms with Gasteiger partial charge in [-0.05, 0) is 0 Å². The number of nitriles is 2. The second-order valence-electron chi connectivity index (χ2n) is 1.72. The number of hydrogen-bond donors (Lipinski definition) is 1. The van der Waals surface area contributed by atoms with Crippen LogP contribution in [0.5, 0.6) is 0 Å². The SMILES string of the molecule is CN/C(C#N)=C(/C#N)C(=O)OC. The molecule has 5 heteroatoms. The minimum atomic E-state index is -0.816. The molecule has 0 saturated carbocycles. The predicted molar refractivity (Wildman–Crippen MR) is 39.3 cm³/mol. The molecule has 0 aliphatic carbocycles. The number of allylic oxidation sites excluding steroid dienone is 1. The largest absolute Gasteiger partial charge is 0.465 e. The quantitative estimate of drug-likeness (QED) is 0.344. The first-order chi connectivity index (χ1) is 5.71. The van der Waals surface area contributed by atoms with Crippen molar-refractivity contribution in [2.45, 2.75) is 0 Å². The minimum absolute atomic E-state index is 0.0932. The molecule has 0 bridgehead atoms. The minimum Gasteiger partial charge on any atom is -0.465 e. The van der Waals surface area contributed by atoms with E-state index < -0.39 is 5.97 Å². The molecule has 0 amide bonds. The van der Waals surface area contributed by atoms with Crippen LogP contribution in [0.2, 0.25) is 0 Å². The lowest BCUT2D eigenvalue weighted by atomic mass is 10.2. The number of rotatable bonds is 2. The van der Waals surface area contributed by atoms with E-state index in [1.165, 1.54) is 7.05 Å². The van der Waals surface area contributed by atoms with Gasteiger partial charge in [0.25, 0.3) is 0 Å². The Balaban J connectivity index is 5.03. The van der Waals surface area contributed by atoms with Crippen molar-refractivity contribution in [1.29, 1.82) is 10.5 Å². The standard InChI is InChI=1S/C7H7N3O2/c1-10-6(4-9)5(3-8)7(11)12-2/h10H,1-2H3/b6-5-. The van der Waals surface area contributed by atoms with Gasteiger partial charge in [-0.1, -0.05) is 0 Å². The average Bonchev–Trinajstić information content (AvgIpc) is 2.12. The van der Waals surface area contributed by atoms with Crippen LogP contribution in [0, 0.1) is 22.7 Å². The molecule has 0 aromatic heterocycles. The van der Waals surface area contributed by atoms with Crippen LogP contribution in [0.3, 0.4) is 0 Å². The first-order valence-corrected chi connectivity index (χ1v) is 3.01. The Morgan fingerprint density at radius 1 is 1.42 bits per heavy atom. The summed E-state index contributed by atoms with van der Waals surface area (Å²) < 4.78 is 4.28. The van der Waals surface area contributed by atoms with Crippen LogP contribution in [0.1, 0.15) is 0 Å². The third kappa shape index (κ3) is 1.99. The summed E-state index contributed by atoms with van der Waals surface area (Å²) in [5.74, 6) is -0.816. The van der Waals surface area contributed by atoms with Crippen LogP contribution >= 0.6 is 0 Å². The molecule has 5 nitrogen and oxygen atoms in total. The van der Waals surface area contributed by atoms with Crippen molar-refractivity contribution in [3.63, 3.8) is 0 Å². The highest BCUT2D eigenvalue weighted by Gasteiger charge is 2.14. The second-order valence-corrected chi connectivity index (χ2v) is 1.72. The number of ether oxygens (including phenoxy) is 1. The first kappa shape index (κ1) is 9.99. The lowest BCUT2D eigenvalue weighted by molar-refractivity contribution is -0.135. The van der Waals surface area contributed by atoms with Crippen LogP contribution in [0.15, 0.2) is 11.3 Å². The Kier molecular flexibility index (Phi) is 3.96. The summed E-state index contributed by atoms with van der Waals surface area (Å²) >= 11 is 0. The third-order valence-corrected chi connectivity index (χ3v) is 1.11. The van der Waals surface area contributed by atoms with Crippen LogP contribution in [0.4, 0.5) is 0 Å². The highest BCUT2D eigenvalue weighted by molar-refractivity contribution is 5.94. The molecule has 0 rings (SSSR count). The van der Waals surface area contributed by atoms with Crippen molar-refractivity contribution in [2.24, 2.45) is 0 Å². The van der Waals surface area contributed by atoms with E-state index in [0.717, 1.165) is 7.11 Å². The summed E-state index contributed by atoms with van der Waals surface area (Å²) in [7, 11) is 2.59. The molecule has 1 N–H and O–H groups in total. The second kappa shape index (κ2) is 4.75. The highest BCUT2D eigenvalue weighted by atomic mass is 16.5. The van der Waals surface area contributed by atoms with Gasteiger partial charge in [-0.2, -0.15) is 10.5 Å². The zero-order valence-electron chi connectivity index (χ0n) is 6.71. The summed E-state index contributed by atoms with van der Waals surface area (Å²) in [6, 6.07) is 3.24. The maximum atomic E-state index is 10.8. The normalized spacial score (nSPS) is 10.3. The maximum absolute atomic E-state index is 10.8. The molecular weight excluding hydrogens is 158 g/mol. The topological polar surface area (TPSA) is 85.9 Å². The van der Waals surface area contributed by atoms with Gasteiger partial charge >= 0.3 is 5.97 Å². The number of methoxy groups -OCH3 is 1. The molecule has 0 spiro atoms. The van der Waals surface area contributed by atoms with Crippen LogP contribution < -0.4 is 5.32 Å². The van der Waals surface area contributed by atoms with E-state index >= 15 is 0 Å². The Morgan fingerprint density at radius 2 is 2.00 bits per heavy atom. The van der Waals surface area contributed by atoms with Gasteiger partial charge in [-0.3, -0.25) is 0 Å². The molecule has 0 fully saturated rings. The van der Waals surface area contributed by atoms with Gasteiger partial charge in [-0.15, -0.1) is 0 Å². The van der Waals surface area contributed by atoms with E-state index in [1.54, 1.807) is 12.1 Å². The fourth-order valence-corrected chi connectivity index (χ4v) is 0.542. The summed E-state index contributed by atoms with van der Waals surface area (Å²) in [5, 5.41) is 19.3. The molecule has 12 heavy (non-hydrogen) atoms. The van der Waals surface area contributed by atoms with E-state index in [1.807, 2.05) is 0 Å². The smallest absolute Gasteiger partial charge is 0.351 e. The summed E-state index contributed by atoms with van der Waals surface area (Å²) in [5.41, 5.74) is -0.410. The Labute approximate surface area is 69.8 Å². The van der Waals surface area contributed by atoms with Gasteiger partial charge in [0.15, 0.2) is 5.57 Å². The van der Waals surface area contributed by atoms with Crippen molar-refractivity contribution >= 4 is 5.97 Å². The lowest BCUT2D eigenvalue weighted by Crippen LogP contribution is -2.13. The molecule has 0 unspecified atom stereocenters. The van der Waals surface area contributed by atoms with E-state index in [2.05, 4.69) is 10.1 Å². The van der Waals surface area contributed by atoms with E-state index in [4.69, 9.17) is 10.5 Å². The number of hydrogen-bond acceptors (Lipinski definition) is 5. The number of carbonyl (C=O) groups is 1. The summed E-state index contributed by atoms with van der Waals surface area (Å²) in [6.45, 7) is 0. The number of nitrogens with zero attached hydrogens (tertiary/aromatic N) is 2. The lowest BCUT2D eigenvalue weighted by Gasteiger charge is -1.99. The molecule has 0 radical (unpaired) electrons. The first-order valence-electron chi connectivity index (χ1n) is 3.01. The van der Waals surface area contributed by atoms with Crippen molar-refractivity contribution in [3.8, 4) is 12.1 Å². The van der Waals surface area contributed by atoms with Gasteiger partial charge in [0, 0.05) is 7.05 Å². The van der Waals surface area contributed by atoms with Gasteiger partial charge in [0.05, 0.1) is 7.11 Å². The fourth-order valence-electron chi connectivity index (χ4n) is 0.542. The molecular formula is C7H7N3O2. The predicted octanol–water partition coefficient (Wildman–Crippen LogP) is -0.320. The van der Waals surface area contributed by atoms with Crippen LogP contribution in [-0.4, -0.2) is 20.1 Å². The van der Waals surface area contributed by atoms with Gasteiger partial charge < -0.3 is 10.1 Å². The number of carbonyl (C=O) groups excluding carboxylic acids is 1. The molecule has 0 aliphatic heterocycles. The monoisotopic (exact) mass is 165 g/mol. The Bertz CT molecular complexity index is 293. The molecule has 62 valence electrons. The van der Waals surface area contributed by atoms with E-state index in [0.29, 0.717) is 0 Å². The fraction of sp³-hybridized carbons (Fsp3) is 0.286. The number of esters is 1. The van der Waals surface area contributed by atoms with Crippen LogP contribution in [-0.2, 0) is 9.53 Å². The summed E-state index contributed by atoms with van der Waals surface area (Å²) in [6.07, 6.45) is 0.